The molecule has 0 aliphatic heterocycles. The molecule has 2 fully saturated rings. The molecule has 2 saturated carbocycles. The number of benzene rings is 2. The lowest BCUT2D eigenvalue weighted by Crippen LogP contribution is -2.67. The lowest BCUT2D eigenvalue weighted by Gasteiger charge is -2.43. The SMILES string of the molecule is O=C(NC1(C(=O)NC2(C(=O)O)CCCCCC2)CCC1)OCC1c2ccccc2-c2ccccc21. The highest BCUT2D eigenvalue weighted by atomic mass is 16.5. The zero-order valence-electron chi connectivity index (χ0n) is 19.8. The molecule has 3 aliphatic carbocycles. The van der Waals surface area contributed by atoms with Gasteiger partial charge >= 0.3 is 12.1 Å². The Bertz CT molecular complexity index is 1090. The summed E-state index contributed by atoms with van der Waals surface area (Å²) in [6, 6.07) is 16.2. The van der Waals surface area contributed by atoms with Crippen molar-refractivity contribution in [1.29, 1.82) is 0 Å². The van der Waals surface area contributed by atoms with Crippen LogP contribution in [0.4, 0.5) is 4.79 Å². The first-order valence-corrected chi connectivity index (χ1v) is 12.6. The Labute approximate surface area is 205 Å². The van der Waals surface area contributed by atoms with Crippen LogP contribution >= 0.6 is 0 Å². The van der Waals surface area contributed by atoms with Gasteiger partial charge in [-0.3, -0.25) is 4.79 Å². The number of carboxylic acids is 1. The van der Waals surface area contributed by atoms with Crippen LogP contribution in [0.1, 0.15) is 74.8 Å². The molecule has 0 saturated heterocycles. The highest BCUT2D eigenvalue weighted by Crippen LogP contribution is 2.44. The van der Waals surface area contributed by atoms with Gasteiger partial charge in [-0.15, -0.1) is 0 Å². The zero-order chi connectivity index (χ0) is 24.5. The molecule has 0 aromatic heterocycles. The van der Waals surface area contributed by atoms with Crippen molar-refractivity contribution in [3.63, 3.8) is 0 Å². The average Bonchev–Trinajstić information content (AvgIpc) is 2.96. The molecule has 0 bridgehead atoms. The quantitative estimate of drug-likeness (QED) is 0.522. The van der Waals surface area contributed by atoms with Gasteiger partial charge in [0.2, 0.25) is 5.91 Å². The second kappa shape index (κ2) is 9.36. The fourth-order valence-electron chi connectivity index (χ4n) is 5.83. The highest BCUT2D eigenvalue weighted by Gasteiger charge is 2.50. The van der Waals surface area contributed by atoms with Gasteiger partial charge in [0.15, 0.2) is 0 Å². The van der Waals surface area contributed by atoms with Crippen molar-refractivity contribution in [3.8, 4) is 11.1 Å². The van der Waals surface area contributed by atoms with Crippen LogP contribution in [0.2, 0.25) is 0 Å². The van der Waals surface area contributed by atoms with E-state index in [1.54, 1.807) is 0 Å². The molecule has 2 aromatic carbocycles. The Hall–Kier alpha value is -3.35. The maximum atomic E-state index is 13.3. The van der Waals surface area contributed by atoms with Gasteiger partial charge in [-0.2, -0.15) is 0 Å². The number of aliphatic carboxylic acids is 1. The van der Waals surface area contributed by atoms with Crippen molar-refractivity contribution in [2.75, 3.05) is 6.61 Å². The number of carboxylic acid groups (broad SMARTS) is 1. The minimum atomic E-state index is -1.26. The van der Waals surface area contributed by atoms with Crippen LogP contribution in [0.25, 0.3) is 11.1 Å². The second-order valence-corrected chi connectivity index (χ2v) is 10.1. The molecule has 3 N–H and O–H groups in total. The maximum Gasteiger partial charge on any atom is 0.408 e. The molecule has 0 unspecified atom stereocenters. The van der Waals surface area contributed by atoms with E-state index < -0.39 is 29.0 Å². The second-order valence-electron chi connectivity index (χ2n) is 10.1. The number of fused-ring (bicyclic) bond motifs is 3. The smallest absolute Gasteiger partial charge is 0.408 e. The van der Waals surface area contributed by atoms with E-state index in [0.717, 1.165) is 54.4 Å². The van der Waals surface area contributed by atoms with Gasteiger partial charge in [0.1, 0.15) is 17.7 Å². The van der Waals surface area contributed by atoms with Crippen molar-refractivity contribution in [3.05, 3.63) is 59.7 Å². The molecular formula is C28H32N2O5. The van der Waals surface area contributed by atoms with E-state index >= 15 is 0 Å². The van der Waals surface area contributed by atoms with Crippen LogP contribution in [-0.4, -0.2) is 40.8 Å². The summed E-state index contributed by atoms with van der Waals surface area (Å²) in [6.07, 6.45) is 5.37. The van der Waals surface area contributed by atoms with E-state index in [2.05, 4.69) is 34.9 Å². The third kappa shape index (κ3) is 4.28. The summed E-state index contributed by atoms with van der Waals surface area (Å²) in [7, 11) is 0. The summed E-state index contributed by atoms with van der Waals surface area (Å²) in [5.41, 5.74) is 2.16. The fraction of sp³-hybridized carbons (Fsp3) is 0.464. The minimum Gasteiger partial charge on any atom is -0.480 e. The van der Waals surface area contributed by atoms with E-state index in [0.29, 0.717) is 25.7 Å². The fourth-order valence-corrected chi connectivity index (χ4v) is 5.83. The monoisotopic (exact) mass is 476 g/mol. The third-order valence-electron chi connectivity index (χ3n) is 8.05. The van der Waals surface area contributed by atoms with Gasteiger partial charge < -0.3 is 20.5 Å². The molecule has 0 atom stereocenters. The van der Waals surface area contributed by atoms with Gasteiger partial charge in [-0.05, 0) is 54.4 Å². The first-order valence-electron chi connectivity index (χ1n) is 12.6. The topological polar surface area (TPSA) is 105 Å². The summed E-state index contributed by atoms with van der Waals surface area (Å²) in [4.78, 5) is 38.3. The largest absolute Gasteiger partial charge is 0.480 e. The Morgan fingerprint density at radius 2 is 1.31 bits per heavy atom. The number of carbonyl (C=O) groups excluding carboxylic acids is 2. The summed E-state index contributed by atoms with van der Waals surface area (Å²) < 4.78 is 5.66. The summed E-state index contributed by atoms with van der Waals surface area (Å²) in [6.45, 7) is 0.163. The maximum absolute atomic E-state index is 13.3. The average molecular weight is 477 g/mol. The number of rotatable bonds is 6. The number of hydrogen-bond acceptors (Lipinski definition) is 4. The Morgan fingerprint density at radius 3 is 1.83 bits per heavy atom. The van der Waals surface area contributed by atoms with E-state index in [4.69, 9.17) is 4.74 Å². The van der Waals surface area contributed by atoms with E-state index in [9.17, 15) is 19.5 Å². The Kier molecular flexibility index (Phi) is 6.26. The Balaban J connectivity index is 1.26. The molecule has 2 amide bonds. The van der Waals surface area contributed by atoms with Gasteiger partial charge in [0, 0.05) is 5.92 Å². The molecule has 184 valence electrons. The van der Waals surface area contributed by atoms with E-state index in [1.807, 2.05) is 24.3 Å². The van der Waals surface area contributed by atoms with Crippen LogP contribution in [0.3, 0.4) is 0 Å². The molecule has 0 radical (unpaired) electrons. The lowest BCUT2D eigenvalue weighted by atomic mass is 9.75. The van der Waals surface area contributed by atoms with Crippen molar-refractivity contribution in [2.45, 2.75) is 74.8 Å². The standard InChI is InChI=1S/C28H32N2O5/c31-24(29-28(25(32)33)14-7-1-2-8-15-28)27(16-9-17-27)30-26(34)35-18-23-21-12-5-3-10-19(21)20-11-4-6-13-22(20)23/h3-6,10-13,23H,1-2,7-9,14-18H2,(H,29,31)(H,30,34)(H,32,33). The first-order chi connectivity index (χ1) is 16.9. The molecule has 7 nitrogen and oxygen atoms in total. The van der Waals surface area contributed by atoms with E-state index in [1.165, 1.54) is 0 Å². The van der Waals surface area contributed by atoms with Crippen molar-refractivity contribution >= 4 is 18.0 Å². The molecule has 5 rings (SSSR count). The summed E-state index contributed by atoms with van der Waals surface area (Å²) >= 11 is 0. The van der Waals surface area contributed by atoms with Crippen LogP contribution in [0.15, 0.2) is 48.5 Å². The first kappa shape index (κ1) is 23.4. The number of alkyl carbamates (subject to hydrolysis) is 1. The molecular weight excluding hydrogens is 444 g/mol. The minimum absolute atomic E-state index is 0.0689. The van der Waals surface area contributed by atoms with Crippen LogP contribution < -0.4 is 10.6 Å². The zero-order valence-corrected chi connectivity index (χ0v) is 19.8. The van der Waals surface area contributed by atoms with Crippen LogP contribution in [-0.2, 0) is 14.3 Å². The lowest BCUT2D eigenvalue weighted by molar-refractivity contribution is -0.150. The number of amides is 2. The van der Waals surface area contributed by atoms with Crippen molar-refractivity contribution in [1.82, 2.24) is 10.6 Å². The molecule has 0 spiro atoms. The molecule has 3 aliphatic rings. The molecule has 2 aromatic rings. The van der Waals surface area contributed by atoms with Crippen LogP contribution in [0, 0.1) is 0 Å². The van der Waals surface area contributed by atoms with E-state index in [-0.39, 0.29) is 12.5 Å². The normalized spacial score (nSPS) is 19.9. The Morgan fingerprint density at radius 1 is 0.771 bits per heavy atom. The highest BCUT2D eigenvalue weighted by molar-refractivity contribution is 5.95. The van der Waals surface area contributed by atoms with Gasteiger partial charge in [-0.1, -0.05) is 74.2 Å². The summed E-state index contributed by atoms with van der Waals surface area (Å²) in [5, 5.41) is 15.6. The number of nitrogens with one attached hydrogen (secondary N) is 2. The van der Waals surface area contributed by atoms with Crippen LogP contribution in [0.5, 0.6) is 0 Å². The predicted molar refractivity (Wildman–Crippen MR) is 131 cm³/mol. The van der Waals surface area contributed by atoms with Crippen molar-refractivity contribution in [2.24, 2.45) is 0 Å². The van der Waals surface area contributed by atoms with Gasteiger partial charge in [-0.25, -0.2) is 9.59 Å². The van der Waals surface area contributed by atoms with Crippen molar-refractivity contribution < 1.29 is 24.2 Å². The van der Waals surface area contributed by atoms with Gasteiger partial charge in [0.05, 0.1) is 0 Å². The number of hydrogen-bond donors (Lipinski definition) is 3. The predicted octanol–water partition coefficient (Wildman–Crippen LogP) is 4.74. The number of ether oxygens (including phenoxy) is 1. The number of carbonyl (C=O) groups is 3. The molecule has 0 heterocycles. The summed E-state index contributed by atoms with van der Waals surface area (Å²) in [5.74, 6) is -1.48. The molecule has 7 heteroatoms. The molecule has 35 heavy (non-hydrogen) atoms. The van der Waals surface area contributed by atoms with Gasteiger partial charge in [0.25, 0.3) is 0 Å². The third-order valence-corrected chi connectivity index (χ3v) is 8.05.